The Morgan fingerprint density at radius 1 is 1.03 bits per heavy atom. The van der Waals surface area contributed by atoms with Crippen molar-refractivity contribution in [2.75, 3.05) is 6.54 Å². The zero-order valence-electron chi connectivity index (χ0n) is 20.0. The molecule has 0 aliphatic carbocycles. The van der Waals surface area contributed by atoms with Gasteiger partial charge in [0.1, 0.15) is 4.83 Å². The lowest BCUT2D eigenvalue weighted by Gasteiger charge is -2.32. The fourth-order valence-corrected chi connectivity index (χ4v) is 6.30. The predicted molar refractivity (Wildman–Crippen MR) is 140 cm³/mol. The van der Waals surface area contributed by atoms with Gasteiger partial charge in [-0.2, -0.15) is 0 Å². The van der Waals surface area contributed by atoms with E-state index < -0.39 is 0 Å². The standard InChI is InChI=1S/C28H29N3O3S/c1-18(2)23(20-11-7-4-8-12-20)26(32)30-15-14-21-22(17-30)35-25-24(21)27(33)31(28(34)29-25)16-13-19-9-5-3-6-10-19/h3-12,18,23H,13-17H2,1-2H3,(H,29,34). The molecule has 6 nitrogen and oxygen atoms in total. The van der Waals surface area contributed by atoms with Crippen LogP contribution in [0.1, 0.15) is 41.3 Å². The van der Waals surface area contributed by atoms with Crippen LogP contribution >= 0.6 is 11.3 Å². The monoisotopic (exact) mass is 487 g/mol. The third kappa shape index (κ3) is 4.48. The maximum Gasteiger partial charge on any atom is 0.329 e. The highest BCUT2D eigenvalue weighted by Crippen LogP contribution is 2.34. The first-order valence-electron chi connectivity index (χ1n) is 12.1. The topological polar surface area (TPSA) is 75.2 Å². The van der Waals surface area contributed by atoms with E-state index in [2.05, 4.69) is 18.8 Å². The van der Waals surface area contributed by atoms with Crippen molar-refractivity contribution in [2.24, 2.45) is 5.92 Å². The molecule has 4 aromatic rings. The van der Waals surface area contributed by atoms with E-state index in [1.54, 1.807) is 0 Å². The fraction of sp³-hybridized carbons (Fsp3) is 0.321. The van der Waals surface area contributed by atoms with Gasteiger partial charge in [-0.3, -0.25) is 19.1 Å². The number of amides is 1. The SMILES string of the molecule is CC(C)C(C(=O)N1CCc2c(sc3[nH]c(=O)n(CCc4ccccc4)c(=O)c23)C1)c1ccccc1. The Morgan fingerprint density at radius 2 is 1.71 bits per heavy atom. The molecular formula is C28H29N3O3S. The Bertz CT molecular complexity index is 1470. The summed E-state index contributed by atoms with van der Waals surface area (Å²) in [5, 5.41) is 0.605. The van der Waals surface area contributed by atoms with Crippen molar-refractivity contribution < 1.29 is 4.79 Å². The molecule has 0 spiro atoms. The number of benzene rings is 2. The van der Waals surface area contributed by atoms with Crippen LogP contribution in [-0.4, -0.2) is 26.9 Å². The van der Waals surface area contributed by atoms with Crippen LogP contribution in [0.25, 0.3) is 10.2 Å². The number of rotatable bonds is 6. The highest BCUT2D eigenvalue weighted by atomic mass is 32.1. The first-order chi connectivity index (χ1) is 16.9. The highest BCUT2D eigenvalue weighted by molar-refractivity contribution is 7.18. The van der Waals surface area contributed by atoms with Crippen LogP contribution in [0.5, 0.6) is 0 Å². The van der Waals surface area contributed by atoms with Crippen LogP contribution in [0.3, 0.4) is 0 Å². The van der Waals surface area contributed by atoms with Crippen molar-refractivity contribution in [3.63, 3.8) is 0 Å². The minimum atomic E-state index is -0.381. The number of thiophene rings is 1. The van der Waals surface area contributed by atoms with Crippen molar-refractivity contribution in [1.82, 2.24) is 14.5 Å². The second-order valence-corrected chi connectivity index (χ2v) is 10.6. The second kappa shape index (κ2) is 9.66. The maximum absolute atomic E-state index is 13.6. The van der Waals surface area contributed by atoms with Crippen LogP contribution in [-0.2, 0) is 30.7 Å². The van der Waals surface area contributed by atoms with Gasteiger partial charge in [-0.15, -0.1) is 11.3 Å². The number of aromatic nitrogens is 2. The molecule has 5 rings (SSSR count). The van der Waals surface area contributed by atoms with Gasteiger partial charge in [-0.1, -0.05) is 74.5 Å². The van der Waals surface area contributed by atoms with E-state index in [4.69, 9.17) is 0 Å². The number of H-pyrrole nitrogens is 1. The molecule has 1 unspecified atom stereocenters. The summed E-state index contributed by atoms with van der Waals surface area (Å²) in [4.78, 5) is 46.1. The summed E-state index contributed by atoms with van der Waals surface area (Å²) < 4.78 is 1.31. The molecule has 2 aromatic carbocycles. The number of nitrogens with one attached hydrogen (secondary N) is 1. The van der Waals surface area contributed by atoms with Gasteiger partial charge in [0.2, 0.25) is 5.91 Å². The smallest absolute Gasteiger partial charge is 0.329 e. The number of hydrogen-bond donors (Lipinski definition) is 1. The summed E-state index contributed by atoms with van der Waals surface area (Å²) >= 11 is 1.43. The average molecular weight is 488 g/mol. The lowest BCUT2D eigenvalue weighted by molar-refractivity contribution is -0.134. The molecule has 7 heteroatoms. The first-order valence-corrected chi connectivity index (χ1v) is 12.9. The molecule has 180 valence electrons. The van der Waals surface area contributed by atoms with Crippen LogP contribution in [0.15, 0.2) is 70.3 Å². The van der Waals surface area contributed by atoms with Gasteiger partial charge >= 0.3 is 5.69 Å². The number of hydrogen-bond acceptors (Lipinski definition) is 4. The molecule has 1 aliphatic heterocycles. The number of carbonyl (C=O) groups is 1. The van der Waals surface area contributed by atoms with Crippen molar-refractivity contribution in [2.45, 2.75) is 45.7 Å². The Morgan fingerprint density at radius 3 is 2.40 bits per heavy atom. The molecule has 1 N–H and O–H groups in total. The van der Waals surface area contributed by atoms with Crippen LogP contribution < -0.4 is 11.2 Å². The van der Waals surface area contributed by atoms with Crippen LogP contribution in [0.2, 0.25) is 0 Å². The van der Waals surface area contributed by atoms with Crippen molar-refractivity contribution in [3.05, 3.63) is 103 Å². The molecule has 35 heavy (non-hydrogen) atoms. The van der Waals surface area contributed by atoms with Crippen molar-refractivity contribution in [3.8, 4) is 0 Å². The van der Waals surface area contributed by atoms with Crippen LogP contribution in [0.4, 0.5) is 0 Å². The van der Waals surface area contributed by atoms with E-state index >= 15 is 0 Å². The number of aryl methyl sites for hydroxylation is 1. The molecule has 1 aliphatic rings. The van der Waals surface area contributed by atoms with E-state index in [-0.39, 0.29) is 29.0 Å². The van der Waals surface area contributed by atoms with Gasteiger partial charge in [0.05, 0.1) is 17.8 Å². The highest BCUT2D eigenvalue weighted by Gasteiger charge is 2.32. The molecule has 2 aromatic heterocycles. The van der Waals surface area contributed by atoms with E-state index in [9.17, 15) is 14.4 Å². The van der Waals surface area contributed by atoms with Gasteiger partial charge in [-0.05, 0) is 35.4 Å². The minimum Gasteiger partial charge on any atom is -0.337 e. The minimum absolute atomic E-state index is 0.114. The molecule has 1 amide bonds. The third-order valence-electron chi connectivity index (χ3n) is 6.85. The predicted octanol–water partition coefficient (Wildman–Crippen LogP) is 4.32. The van der Waals surface area contributed by atoms with E-state index in [1.165, 1.54) is 15.9 Å². The fourth-order valence-electron chi connectivity index (χ4n) is 5.06. The molecule has 3 heterocycles. The molecule has 0 saturated heterocycles. The Balaban J connectivity index is 1.43. The van der Waals surface area contributed by atoms with Gasteiger partial charge < -0.3 is 4.90 Å². The Kier molecular flexibility index (Phi) is 6.43. The summed E-state index contributed by atoms with van der Waals surface area (Å²) in [6.07, 6.45) is 1.22. The number of carbonyl (C=O) groups excluding carboxylic acids is 1. The average Bonchev–Trinajstić information content (AvgIpc) is 3.22. The van der Waals surface area contributed by atoms with Crippen molar-refractivity contribution >= 4 is 27.5 Å². The summed E-state index contributed by atoms with van der Waals surface area (Å²) in [5.41, 5.74) is 2.47. The molecular weight excluding hydrogens is 458 g/mol. The summed E-state index contributed by atoms with van der Waals surface area (Å²) in [6.45, 7) is 5.52. The van der Waals surface area contributed by atoms with Gasteiger partial charge in [0.25, 0.3) is 5.56 Å². The zero-order valence-corrected chi connectivity index (χ0v) is 20.8. The normalized spacial score (nSPS) is 14.3. The van der Waals surface area contributed by atoms with E-state index in [0.29, 0.717) is 42.7 Å². The first kappa shape index (κ1) is 23.3. The summed E-state index contributed by atoms with van der Waals surface area (Å²) in [7, 11) is 0. The van der Waals surface area contributed by atoms with E-state index in [0.717, 1.165) is 21.6 Å². The number of fused-ring (bicyclic) bond motifs is 3. The summed E-state index contributed by atoms with van der Waals surface area (Å²) in [5.74, 6) is 0.0760. The lowest BCUT2D eigenvalue weighted by atomic mass is 9.86. The molecule has 0 radical (unpaired) electrons. The largest absolute Gasteiger partial charge is 0.337 e. The van der Waals surface area contributed by atoms with E-state index in [1.807, 2.05) is 65.6 Å². The maximum atomic E-state index is 13.6. The molecule has 1 atom stereocenters. The quantitative estimate of drug-likeness (QED) is 0.440. The molecule has 0 bridgehead atoms. The van der Waals surface area contributed by atoms with Gasteiger partial charge in [0, 0.05) is 18.0 Å². The number of aromatic amines is 1. The second-order valence-electron chi connectivity index (χ2n) is 9.47. The molecule has 0 saturated carbocycles. The lowest BCUT2D eigenvalue weighted by Crippen LogP contribution is -2.40. The van der Waals surface area contributed by atoms with Crippen LogP contribution in [0, 0.1) is 5.92 Å². The van der Waals surface area contributed by atoms with Gasteiger partial charge in [-0.25, -0.2) is 4.79 Å². The van der Waals surface area contributed by atoms with Gasteiger partial charge in [0.15, 0.2) is 0 Å². The third-order valence-corrected chi connectivity index (χ3v) is 7.98. The molecule has 0 fully saturated rings. The number of nitrogens with zero attached hydrogens (tertiary/aromatic N) is 2. The Labute approximate surface area is 207 Å². The zero-order chi connectivity index (χ0) is 24.5. The van der Waals surface area contributed by atoms with Crippen molar-refractivity contribution in [1.29, 1.82) is 0 Å². The summed E-state index contributed by atoms with van der Waals surface area (Å²) in [6, 6.07) is 19.8. The Hall–Kier alpha value is -3.45.